The fourth-order valence-electron chi connectivity index (χ4n) is 1.59. The van der Waals surface area contributed by atoms with Gasteiger partial charge < -0.3 is 24.4 Å². The normalized spacial score (nSPS) is 11.7. The second kappa shape index (κ2) is 11.8. The fraction of sp³-hybridized carbons (Fsp3) is 0.933. The van der Waals surface area contributed by atoms with Gasteiger partial charge in [-0.25, -0.2) is 4.79 Å². The number of carbonyl (C=O) groups excluding carboxylic acids is 1. The first-order valence-electron chi connectivity index (χ1n) is 7.73. The smallest absolute Gasteiger partial charge is 0.407 e. The SMILES string of the molecule is CCN(CC)CCOCCOCCNC(=O)OC(C)(C)C. The first-order chi connectivity index (χ1) is 9.89. The molecule has 0 fully saturated rings. The van der Waals surface area contributed by atoms with Crippen LogP contribution in [-0.2, 0) is 14.2 Å². The van der Waals surface area contributed by atoms with E-state index in [0.717, 1.165) is 26.2 Å². The molecule has 0 saturated heterocycles. The standard InChI is InChI=1S/C15H32N2O4/c1-6-17(7-2)9-11-20-13-12-19-10-8-16-14(18)21-15(3,4)5/h6-13H2,1-5H3,(H,16,18). The van der Waals surface area contributed by atoms with Crippen LogP contribution in [0.3, 0.4) is 0 Å². The van der Waals surface area contributed by atoms with Crippen LogP contribution in [0.25, 0.3) is 0 Å². The van der Waals surface area contributed by atoms with E-state index < -0.39 is 11.7 Å². The number of carbonyl (C=O) groups is 1. The molecule has 0 aliphatic heterocycles. The molecule has 0 aromatic rings. The highest BCUT2D eigenvalue weighted by molar-refractivity contribution is 5.67. The monoisotopic (exact) mass is 304 g/mol. The summed E-state index contributed by atoms with van der Waals surface area (Å²) in [6.45, 7) is 15.6. The average molecular weight is 304 g/mol. The van der Waals surface area contributed by atoms with Crippen LogP contribution in [0.5, 0.6) is 0 Å². The van der Waals surface area contributed by atoms with Crippen LogP contribution in [0.4, 0.5) is 4.79 Å². The molecule has 0 bridgehead atoms. The topological polar surface area (TPSA) is 60.0 Å². The van der Waals surface area contributed by atoms with Crippen LogP contribution in [0.1, 0.15) is 34.6 Å². The van der Waals surface area contributed by atoms with Gasteiger partial charge in [0.15, 0.2) is 0 Å². The van der Waals surface area contributed by atoms with Crippen molar-refractivity contribution in [3.05, 3.63) is 0 Å². The van der Waals surface area contributed by atoms with E-state index in [0.29, 0.717) is 26.4 Å². The van der Waals surface area contributed by atoms with Crippen LogP contribution in [0, 0.1) is 0 Å². The minimum atomic E-state index is -0.469. The van der Waals surface area contributed by atoms with E-state index in [2.05, 4.69) is 24.1 Å². The summed E-state index contributed by atoms with van der Waals surface area (Å²) in [6.07, 6.45) is -0.415. The van der Waals surface area contributed by atoms with Gasteiger partial charge in [-0.2, -0.15) is 0 Å². The molecule has 1 amide bonds. The highest BCUT2D eigenvalue weighted by Gasteiger charge is 2.15. The number of likely N-dealkylation sites (N-methyl/N-ethyl adjacent to an activating group) is 1. The number of nitrogens with one attached hydrogen (secondary N) is 1. The number of amides is 1. The van der Waals surface area contributed by atoms with Crippen molar-refractivity contribution in [2.45, 2.75) is 40.2 Å². The van der Waals surface area contributed by atoms with Crippen molar-refractivity contribution >= 4 is 6.09 Å². The maximum absolute atomic E-state index is 11.3. The Morgan fingerprint density at radius 1 is 1.00 bits per heavy atom. The van der Waals surface area contributed by atoms with E-state index in [1.807, 2.05) is 20.8 Å². The lowest BCUT2D eigenvalue weighted by atomic mass is 10.2. The fourth-order valence-corrected chi connectivity index (χ4v) is 1.59. The number of rotatable bonds is 11. The molecule has 1 N–H and O–H groups in total. The Bertz CT molecular complexity index is 263. The Hall–Kier alpha value is -0.850. The number of nitrogens with zero attached hydrogens (tertiary/aromatic N) is 1. The van der Waals surface area contributed by atoms with E-state index in [1.54, 1.807) is 0 Å². The van der Waals surface area contributed by atoms with Crippen LogP contribution in [-0.4, -0.2) is 69.2 Å². The molecule has 0 unspecified atom stereocenters. The molecule has 0 heterocycles. The van der Waals surface area contributed by atoms with Crippen molar-refractivity contribution in [2.24, 2.45) is 0 Å². The lowest BCUT2D eigenvalue weighted by molar-refractivity contribution is 0.0351. The Balaban J connectivity index is 3.31. The second-order valence-corrected chi connectivity index (χ2v) is 5.68. The van der Waals surface area contributed by atoms with Crippen molar-refractivity contribution in [1.82, 2.24) is 10.2 Å². The van der Waals surface area contributed by atoms with E-state index in [-0.39, 0.29) is 0 Å². The third-order valence-corrected chi connectivity index (χ3v) is 2.73. The van der Waals surface area contributed by atoms with Gasteiger partial charge in [0.1, 0.15) is 5.60 Å². The zero-order valence-corrected chi connectivity index (χ0v) is 14.2. The molecular formula is C15H32N2O4. The molecule has 0 aliphatic rings. The molecule has 0 aromatic heterocycles. The zero-order chi connectivity index (χ0) is 16.1. The van der Waals surface area contributed by atoms with Gasteiger partial charge in [0.2, 0.25) is 0 Å². The van der Waals surface area contributed by atoms with Crippen molar-refractivity contribution in [3.8, 4) is 0 Å². The first kappa shape index (κ1) is 20.1. The summed E-state index contributed by atoms with van der Waals surface area (Å²) < 4.78 is 16.0. The molecule has 6 heteroatoms. The van der Waals surface area contributed by atoms with Gasteiger partial charge in [-0.3, -0.25) is 0 Å². The van der Waals surface area contributed by atoms with Crippen LogP contribution >= 0.6 is 0 Å². The zero-order valence-electron chi connectivity index (χ0n) is 14.2. The summed E-state index contributed by atoms with van der Waals surface area (Å²) in [5.41, 5.74) is -0.469. The average Bonchev–Trinajstić information content (AvgIpc) is 2.39. The number of alkyl carbamates (subject to hydrolysis) is 1. The molecule has 0 spiro atoms. The van der Waals surface area contributed by atoms with Gasteiger partial charge in [0, 0.05) is 13.1 Å². The predicted molar refractivity (Wildman–Crippen MR) is 83.7 cm³/mol. The largest absolute Gasteiger partial charge is 0.444 e. The summed E-state index contributed by atoms with van der Waals surface area (Å²) in [5, 5.41) is 2.64. The molecule has 0 saturated carbocycles. The molecule has 0 aliphatic carbocycles. The Morgan fingerprint density at radius 3 is 2.10 bits per heavy atom. The Kier molecular flexibility index (Phi) is 11.3. The minimum absolute atomic E-state index is 0.415. The van der Waals surface area contributed by atoms with Crippen molar-refractivity contribution in [2.75, 3.05) is 52.6 Å². The van der Waals surface area contributed by atoms with Crippen LogP contribution < -0.4 is 5.32 Å². The minimum Gasteiger partial charge on any atom is -0.444 e. The van der Waals surface area contributed by atoms with Gasteiger partial charge in [0.25, 0.3) is 0 Å². The molecule has 0 aromatic carbocycles. The summed E-state index contributed by atoms with van der Waals surface area (Å²) in [6, 6.07) is 0. The molecule has 0 rings (SSSR count). The van der Waals surface area contributed by atoms with Gasteiger partial charge in [0.05, 0.1) is 26.4 Å². The lowest BCUT2D eigenvalue weighted by Gasteiger charge is -2.19. The van der Waals surface area contributed by atoms with E-state index in [1.165, 1.54) is 0 Å². The van der Waals surface area contributed by atoms with E-state index >= 15 is 0 Å². The van der Waals surface area contributed by atoms with E-state index in [9.17, 15) is 4.79 Å². The molecule has 6 nitrogen and oxygen atoms in total. The maximum atomic E-state index is 11.3. The summed E-state index contributed by atoms with van der Waals surface area (Å²) >= 11 is 0. The summed E-state index contributed by atoms with van der Waals surface area (Å²) in [7, 11) is 0. The number of ether oxygens (including phenoxy) is 3. The molecule has 126 valence electrons. The third-order valence-electron chi connectivity index (χ3n) is 2.73. The third kappa shape index (κ3) is 13.9. The molecule has 0 atom stereocenters. The van der Waals surface area contributed by atoms with Crippen molar-refractivity contribution in [3.63, 3.8) is 0 Å². The number of hydrogen-bond acceptors (Lipinski definition) is 5. The highest BCUT2D eigenvalue weighted by Crippen LogP contribution is 2.05. The number of hydrogen-bond donors (Lipinski definition) is 1. The van der Waals surface area contributed by atoms with Crippen LogP contribution in [0.2, 0.25) is 0 Å². The van der Waals surface area contributed by atoms with Gasteiger partial charge in [-0.15, -0.1) is 0 Å². The Morgan fingerprint density at radius 2 is 1.57 bits per heavy atom. The lowest BCUT2D eigenvalue weighted by Crippen LogP contribution is -2.34. The summed E-state index contributed by atoms with van der Waals surface area (Å²) in [4.78, 5) is 13.6. The van der Waals surface area contributed by atoms with Crippen molar-refractivity contribution in [1.29, 1.82) is 0 Å². The highest BCUT2D eigenvalue weighted by atomic mass is 16.6. The summed E-state index contributed by atoms with van der Waals surface area (Å²) in [5.74, 6) is 0. The van der Waals surface area contributed by atoms with Gasteiger partial charge in [-0.05, 0) is 33.9 Å². The van der Waals surface area contributed by atoms with Crippen LogP contribution in [0.15, 0.2) is 0 Å². The van der Waals surface area contributed by atoms with Gasteiger partial charge in [-0.1, -0.05) is 13.8 Å². The quantitative estimate of drug-likeness (QED) is 0.591. The first-order valence-corrected chi connectivity index (χ1v) is 7.73. The second-order valence-electron chi connectivity index (χ2n) is 5.68. The molecule has 0 radical (unpaired) electrons. The molecular weight excluding hydrogens is 272 g/mol. The maximum Gasteiger partial charge on any atom is 0.407 e. The molecule has 21 heavy (non-hydrogen) atoms. The Labute approximate surface area is 129 Å². The predicted octanol–water partition coefficient (Wildman–Crippen LogP) is 1.89. The van der Waals surface area contributed by atoms with Gasteiger partial charge >= 0.3 is 6.09 Å². The van der Waals surface area contributed by atoms with E-state index in [4.69, 9.17) is 14.2 Å². The van der Waals surface area contributed by atoms with Crippen molar-refractivity contribution < 1.29 is 19.0 Å².